The van der Waals surface area contributed by atoms with E-state index in [1.807, 2.05) is 13.0 Å². The van der Waals surface area contributed by atoms with Gasteiger partial charge in [0.1, 0.15) is 0 Å². The Morgan fingerprint density at radius 2 is 2.28 bits per heavy atom. The largest absolute Gasteiger partial charge is 0.383 e. The Bertz CT molecular complexity index is 487. The van der Waals surface area contributed by atoms with Gasteiger partial charge in [-0.15, -0.1) is 0 Å². The Hall–Kier alpha value is -2.11. The highest BCUT2D eigenvalue weighted by Gasteiger charge is 2.20. The number of hydrogen-bond donors (Lipinski definition) is 2. The highest BCUT2D eigenvalue weighted by atomic mass is 16.6. The Balaban J connectivity index is 2.00. The fourth-order valence-electron chi connectivity index (χ4n) is 2.04. The van der Waals surface area contributed by atoms with Gasteiger partial charge in [-0.1, -0.05) is 0 Å². The van der Waals surface area contributed by atoms with Crippen LogP contribution in [-0.2, 0) is 4.79 Å². The number of hydrogen-bond acceptors (Lipinski definition) is 4. The summed E-state index contributed by atoms with van der Waals surface area (Å²) in [5, 5.41) is 16.7. The van der Waals surface area contributed by atoms with Gasteiger partial charge in [-0.3, -0.25) is 14.9 Å². The molecule has 1 saturated heterocycles. The van der Waals surface area contributed by atoms with Crippen molar-refractivity contribution in [3.8, 4) is 0 Å². The number of non-ortho nitro benzene ring substituents is 1. The van der Waals surface area contributed by atoms with Crippen molar-refractivity contribution in [2.45, 2.75) is 25.8 Å². The highest BCUT2D eigenvalue weighted by molar-refractivity contribution is 5.78. The van der Waals surface area contributed by atoms with Crippen molar-refractivity contribution in [1.82, 2.24) is 5.32 Å². The number of carbonyl (C=O) groups excluding carboxylic acids is 1. The number of carbonyl (C=O) groups is 1. The third kappa shape index (κ3) is 2.97. The van der Waals surface area contributed by atoms with Crippen molar-refractivity contribution in [2.24, 2.45) is 0 Å². The molecule has 0 aliphatic carbocycles. The molecule has 1 aromatic rings. The first-order valence-corrected chi connectivity index (χ1v) is 5.84. The number of nitrogens with zero attached hydrogens (tertiary/aromatic N) is 1. The lowest BCUT2D eigenvalue weighted by molar-refractivity contribution is -0.384. The molecule has 96 valence electrons. The van der Waals surface area contributed by atoms with Crippen LogP contribution in [0.25, 0.3) is 0 Å². The Morgan fingerprint density at radius 3 is 2.89 bits per heavy atom. The molecular weight excluding hydrogens is 234 g/mol. The van der Waals surface area contributed by atoms with E-state index >= 15 is 0 Å². The first kappa shape index (κ1) is 12.3. The molecule has 18 heavy (non-hydrogen) atoms. The average Bonchev–Trinajstić information content (AvgIpc) is 2.72. The summed E-state index contributed by atoms with van der Waals surface area (Å²) in [4.78, 5) is 21.4. The second kappa shape index (κ2) is 5.03. The van der Waals surface area contributed by atoms with E-state index < -0.39 is 4.92 Å². The van der Waals surface area contributed by atoms with Crippen LogP contribution in [0.2, 0.25) is 0 Å². The van der Waals surface area contributed by atoms with Gasteiger partial charge in [0.2, 0.25) is 5.91 Å². The molecule has 6 heteroatoms. The lowest BCUT2D eigenvalue weighted by Crippen LogP contribution is -2.31. The van der Waals surface area contributed by atoms with E-state index in [4.69, 9.17) is 0 Å². The summed E-state index contributed by atoms with van der Waals surface area (Å²) in [6.45, 7) is 2.40. The van der Waals surface area contributed by atoms with E-state index in [-0.39, 0.29) is 17.6 Å². The van der Waals surface area contributed by atoms with Crippen molar-refractivity contribution in [3.05, 3.63) is 33.9 Å². The molecule has 0 bridgehead atoms. The molecule has 1 unspecified atom stereocenters. The van der Waals surface area contributed by atoms with E-state index in [0.717, 1.165) is 12.0 Å². The normalized spacial score (nSPS) is 18.5. The van der Waals surface area contributed by atoms with E-state index in [0.29, 0.717) is 18.7 Å². The monoisotopic (exact) mass is 249 g/mol. The van der Waals surface area contributed by atoms with Gasteiger partial charge in [0.25, 0.3) is 5.69 Å². The Morgan fingerprint density at radius 1 is 1.50 bits per heavy atom. The van der Waals surface area contributed by atoms with Crippen LogP contribution < -0.4 is 10.6 Å². The minimum Gasteiger partial charge on any atom is -0.383 e. The van der Waals surface area contributed by atoms with Crippen LogP contribution in [0.1, 0.15) is 18.4 Å². The number of anilines is 1. The molecule has 1 atom stereocenters. The first-order valence-electron chi connectivity index (χ1n) is 5.84. The fourth-order valence-corrected chi connectivity index (χ4v) is 2.04. The van der Waals surface area contributed by atoms with E-state index in [9.17, 15) is 14.9 Å². The van der Waals surface area contributed by atoms with E-state index in [1.165, 1.54) is 12.1 Å². The molecule has 0 aromatic heterocycles. The zero-order valence-electron chi connectivity index (χ0n) is 10.1. The minimum atomic E-state index is -0.407. The van der Waals surface area contributed by atoms with Gasteiger partial charge in [-0.25, -0.2) is 0 Å². The topological polar surface area (TPSA) is 84.3 Å². The van der Waals surface area contributed by atoms with Gasteiger partial charge >= 0.3 is 0 Å². The molecule has 1 heterocycles. The number of nitro groups is 1. The molecular formula is C12H15N3O3. The van der Waals surface area contributed by atoms with Crippen LogP contribution in [0.3, 0.4) is 0 Å². The molecule has 0 saturated carbocycles. The van der Waals surface area contributed by atoms with Crippen molar-refractivity contribution in [1.29, 1.82) is 0 Å². The SMILES string of the molecule is Cc1cc(NCC2CCC(=O)N2)cc([N+](=O)[O-])c1. The summed E-state index contributed by atoms with van der Waals surface area (Å²) in [6, 6.07) is 4.99. The molecule has 2 N–H and O–H groups in total. The zero-order valence-corrected chi connectivity index (χ0v) is 10.1. The van der Waals surface area contributed by atoms with Crippen molar-refractivity contribution in [2.75, 3.05) is 11.9 Å². The maximum Gasteiger partial charge on any atom is 0.271 e. The molecule has 1 aliphatic heterocycles. The van der Waals surface area contributed by atoms with E-state index in [1.54, 1.807) is 0 Å². The number of nitro benzene ring substituents is 1. The smallest absolute Gasteiger partial charge is 0.271 e. The van der Waals surface area contributed by atoms with Crippen LogP contribution in [0.5, 0.6) is 0 Å². The van der Waals surface area contributed by atoms with Crippen LogP contribution in [0, 0.1) is 17.0 Å². The lowest BCUT2D eigenvalue weighted by Gasteiger charge is -2.12. The van der Waals surface area contributed by atoms with Crippen molar-refractivity contribution in [3.63, 3.8) is 0 Å². The summed E-state index contributed by atoms with van der Waals surface area (Å²) < 4.78 is 0. The number of aryl methyl sites for hydroxylation is 1. The van der Waals surface area contributed by atoms with E-state index in [2.05, 4.69) is 10.6 Å². The molecule has 0 radical (unpaired) electrons. The van der Waals surface area contributed by atoms with Gasteiger partial charge in [-0.05, 0) is 25.0 Å². The lowest BCUT2D eigenvalue weighted by atomic mass is 10.2. The highest BCUT2D eigenvalue weighted by Crippen LogP contribution is 2.20. The quantitative estimate of drug-likeness (QED) is 0.627. The third-order valence-corrected chi connectivity index (χ3v) is 2.91. The second-order valence-corrected chi connectivity index (χ2v) is 4.50. The predicted molar refractivity (Wildman–Crippen MR) is 67.5 cm³/mol. The Labute approximate surface area is 105 Å². The number of nitrogens with one attached hydrogen (secondary N) is 2. The fraction of sp³-hybridized carbons (Fsp3) is 0.417. The van der Waals surface area contributed by atoms with Crippen LogP contribution in [0.15, 0.2) is 18.2 Å². The van der Waals surface area contributed by atoms with Crippen LogP contribution in [-0.4, -0.2) is 23.4 Å². The summed E-state index contributed by atoms with van der Waals surface area (Å²) >= 11 is 0. The average molecular weight is 249 g/mol. The van der Waals surface area contributed by atoms with Gasteiger partial charge < -0.3 is 10.6 Å². The summed E-state index contributed by atoms with van der Waals surface area (Å²) in [6.07, 6.45) is 1.36. The Kier molecular flexibility index (Phi) is 3.45. The molecule has 2 rings (SSSR count). The van der Waals surface area contributed by atoms with Gasteiger partial charge in [-0.2, -0.15) is 0 Å². The number of benzene rings is 1. The molecule has 1 amide bonds. The molecule has 1 fully saturated rings. The van der Waals surface area contributed by atoms with Crippen LogP contribution >= 0.6 is 0 Å². The van der Waals surface area contributed by atoms with Gasteiger partial charge in [0, 0.05) is 36.8 Å². The van der Waals surface area contributed by atoms with Crippen molar-refractivity contribution < 1.29 is 9.72 Å². The third-order valence-electron chi connectivity index (χ3n) is 2.91. The predicted octanol–water partition coefficient (Wildman–Crippen LogP) is 1.59. The minimum absolute atomic E-state index is 0.0667. The summed E-state index contributed by atoms with van der Waals surface area (Å²) in [5.74, 6) is 0.0667. The summed E-state index contributed by atoms with van der Waals surface area (Å²) in [5.41, 5.74) is 1.62. The summed E-state index contributed by atoms with van der Waals surface area (Å²) in [7, 11) is 0. The number of rotatable bonds is 4. The van der Waals surface area contributed by atoms with Gasteiger partial charge in [0.15, 0.2) is 0 Å². The molecule has 1 aromatic carbocycles. The first-order chi connectivity index (χ1) is 8.54. The molecule has 0 spiro atoms. The number of amides is 1. The maximum atomic E-state index is 11.0. The molecule has 6 nitrogen and oxygen atoms in total. The van der Waals surface area contributed by atoms with Crippen LogP contribution in [0.4, 0.5) is 11.4 Å². The standard InChI is InChI=1S/C12H15N3O3/c1-8-4-10(6-11(5-8)15(17)18)13-7-9-2-3-12(16)14-9/h4-6,9,13H,2-3,7H2,1H3,(H,14,16). The van der Waals surface area contributed by atoms with Gasteiger partial charge in [0.05, 0.1) is 4.92 Å². The maximum absolute atomic E-state index is 11.0. The second-order valence-electron chi connectivity index (χ2n) is 4.50. The van der Waals surface area contributed by atoms with Crippen molar-refractivity contribution >= 4 is 17.3 Å². The zero-order chi connectivity index (χ0) is 13.1. The molecule has 1 aliphatic rings.